The Morgan fingerprint density at radius 2 is 2.19 bits per heavy atom. The zero-order chi connectivity index (χ0) is 15.4. The SMILES string of the molecule is CN(C(=O)COc1ccc(C=CC(=O)O)cc1Br)C1CC1. The van der Waals surface area contributed by atoms with Crippen LogP contribution < -0.4 is 4.74 Å². The third kappa shape index (κ3) is 4.60. The lowest BCUT2D eigenvalue weighted by atomic mass is 10.2. The zero-order valence-electron chi connectivity index (χ0n) is 11.6. The summed E-state index contributed by atoms with van der Waals surface area (Å²) < 4.78 is 6.18. The van der Waals surface area contributed by atoms with Gasteiger partial charge in [0.2, 0.25) is 0 Å². The van der Waals surface area contributed by atoms with Crippen molar-refractivity contribution in [3.8, 4) is 5.75 Å². The van der Waals surface area contributed by atoms with E-state index in [9.17, 15) is 9.59 Å². The van der Waals surface area contributed by atoms with Gasteiger partial charge in [0.1, 0.15) is 5.75 Å². The molecule has 0 aliphatic heterocycles. The Labute approximate surface area is 131 Å². The summed E-state index contributed by atoms with van der Waals surface area (Å²) in [6, 6.07) is 5.54. The number of aliphatic carboxylic acids is 1. The van der Waals surface area contributed by atoms with Gasteiger partial charge in [0, 0.05) is 19.2 Å². The summed E-state index contributed by atoms with van der Waals surface area (Å²) >= 11 is 3.35. The summed E-state index contributed by atoms with van der Waals surface area (Å²) in [5.74, 6) is -0.487. The Bertz CT molecular complexity index is 581. The summed E-state index contributed by atoms with van der Waals surface area (Å²) in [4.78, 5) is 24.0. The van der Waals surface area contributed by atoms with E-state index in [1.165, 1.54) is 6.08 Å². The highest BCUT2D eigenvalue weighted by Gasteiger charge is 2.29. The second-order valence-corrected chi connectivity index (χ2v) is 5.74. The van der Waals surface area contributed by atoms with Gasteiger partial charge in [-0.25, -0.2) is 4.79 Å². The normalized spacial score (nSPS) is 14.2. The molecule has 0 radical (unpaired) electrons. The van der Waals surface area contributed by atoms with Gasteiger partial charge in [0.05, 0.1) is 4.47 Å². The summed E-state index contributed by atoms with van der Waals surface area (Å²) in [5.41, 5.74) is 0.734. The fourth-order valence-corrected chi connectivity index (χ4v) is 2.32. The Kier molecular flexibility index (Phi) is 5.01. The van der Waals surface area contributed by atoms with Crippen molar-refractivity contribution in [3.63, 3.8) is 0 Å². The molecule has 0 bridgehead atoms. The molecule has 0 heterocycles. The minimum atomic E-state index is -1.000. The summed E-state index contributed by atoms with van der Waals surface area (Å²) in [6.07, 6.45) is 4.69. The van der Waals surface area contributed by atoms with Gasteiger partial charge < -0.3 is 14.7 Å². The second kappa shape index (κ2) is 6.76. The molecule has 0 spiro atoms. The van der Waals surface area contributed by atoms with Gasteiger partial charge in [0.25, 0.3) is 5.91 Å². The van der Waals surface area contributed by atoms with Gasteiger partial charge in [-0.1, -0.05) is 6.07 Å². The number of amides is 1. The van der Waals surface area contributed by atoms with Gasteiger partial charge in [-0.15, -0.1) is 0 Å². The van der Waals surface area contributed by atoms with Crippen LogP contribution in [0.4, 0.5) is 0 Å². The molecule has 1 aliphatic rings. The first-order chi connectivity index (χ1) is 9.97. The highest BCUT2D eigenvalue weighted by Crippen LogP contribution is 2.28. The van der Waals surface area contributed by atoms with Crippen LogP contribution >= 0.6 is 15.9 Å². The van der Waals surface area contributed by atoms with E-state index in [1.54, 1.807) is 30.1 Å². The maximum atomic E-state index is 11.9. The van der Waals surface area contributed by atoms with Crippen molar-refractivity contribution in [1.82, 2.24) is 4.90 Å². The van der Waals surface area contributed by atoms with E-state index in [0.29, 0.717) is 16.3 Å². The average molecular weight is 354 g/mol. The number of carboxylic acid groups (broad SMARTS) is 1. The van der Waals surface area contributed by atoms with E-state index in [2.05, 4.69) is 15.9 Å². The zero-order valence-corrected chi connectivity index (χ0v) is 13.2. The van der Waals surface area contributed by atoms with E-state index in [1.807, 2.05) is 0 Å². The molecule has 1 N–H and O–H groups in total. The number of rotatable bonds is 6. The van der Waals surface area contributed by atoms with E-state index < -0.39 is 5.97 Å². The highest BCUT2D eigenvalue weighted by molar-refractivity contribution is 9.10. The van der Waals surface area contributed by atoms with Crippen LogP contribution in [-0.2, 0) is 9.59 Å². The molecule has 1 saturated carbocycles. The number of halogens is 1. The molecule has 6 heteroatoms. The quantitative estimate of drug-likeness (QED) is 0.798. The molecule has 5 nitrogen and oxygen atoms in total. The molecule has 1 aliphatic carbocycles. The molecule has 1 aromatic carbocycles. The van der Waals surface area contributed by atoms with E-state index >= 15 is 0 Å². The molecule has 0 saturated heterocycles. The van der Waals surface area contributed by atoms with Crippen molar-refractivity contribution >= 4 is 33.9 Å². The number of ether oxygens (including phenoxy) is 1. The minimum absolute atomic E-state index is 0.00406. The van der Waals surface area contributed by atoms with Crippen molar-refractivity contribution in [2.45, 2.75) is 18.9 Å². The van der Waals surface area contributed by atoms with Crippen molar-refractivity contribution < 1.29 is 19.4 Å². The van der Waals surface area contributed by atoms with Gasteiger partial charge in [0.15, 0.2) is 6.61 Å². The first kappa shape index (κ1) is 15.6. The van der Waals surface area contributed by atoms with Crippen molar-refractivity contribution in [2.24, 2.45) is 0 Å². The predicted octanol–water partition coefficient (Wildman–Crippen LogP) is 2.55. The number of hydrogen-bond donors (Lipinski definition) is 1. The van der Waals surface area contributed by atoms with E-state index in [-0.39, 0.29) is 12.5 Å². The van der Waals surface area contributed by atoms with Gasteiger partial charge >= 0.3 is 5.97 Å². The molecule has 112 valence electrons. The van der Waals surface area contributed by atoms with Crippen molar-refractivity contribution in [1.29, 1.82) is 0 Å². The maximum absolute atomic E-state index is 11.9. The lowest BCUT2D eigenvalue weighted by Crippen LogP contribution is -2.33. The van der Waals surface area contributed by atoms with Crippen LogP contribution in [0.2, 0.25) is 0 Å². The lowest BCUT2D eigenvalue weighted by Gasteiger charge is -2.17. The van der Waals surface area contributed by atoms with Crippen LogP contribution in [0.5, 0.6) is 5.75 Å². The molecule has 1 fully saturated rings. The first-order valence-electron chi connectivity index (χ1n) is 6.56. The van der Waals surface area contributed by atoms with Crippen LogP contribution in [0.25, 0.3) is 6.08 Å². The number of nitrogens with zero attached hydrogens (tertiary/aromatic N) is 1. The number of carbonyl (C=O) groups excluding carboxylic acids is 1. The Morgan fingerprint density at radius 1 is 1.48 bits per heavy atom. The molecular weight excluding hydrogens is 338 g/mol. The average Bonchev–Trinajstić information content (AvgIpc) is 3.27. The third-order valence-corrected chi connectivity index (χ3v) is 3.83. The fourth-order valence-electron chi connectivity index (χ4n) is 1.81. The molecule has 2 rings (SSSR count). The topological polar surface area (TPSA) is 66.8 Å². The molecule has 21 heavy (non-hydrogen) atoms. The van der Waals surface area contributed by atoms with Crippen molar-refractivity contribution in [3.05, 3.63) is 34.3 Å². The number of benzene rings is 1. The standard InChI is InChI=1S/C15H16BrNO4/c1-17(11-4-5-11)14(18)9-21-13-6-2-10(8-12(13)16)3-7-15(19)20/h2-3,6-8,11H,4-5,9H2,1H3,(H,19,20). The van der Waals surface area contributed by atoms with Crippen LogP contribution in [-0.4, -0.2) is 41.6 Å². The number of likely N-dealkylation sites (N-methyl/N-ethyl adjacent to an activating group) is 1. The van der Waals surface area contributed by atoms with Gasteiger partial charge in [-0.3, -0.25) is 4.79 Å². The molecule has 1 amide bonds. The first-order valence-corrected chi connectivity index (χ1v) is 7.35. The minimum Gasteiger partial charge on any atom is -0.483 e. The summed E-state index contributed by atoms with van der Waals surface area (Å²) in [5, 5.41) is 8.58. The molecule has 0 aromatic heterocycles. The van der Waals surface area contributed by atoms with Crippen LogP contribution in [0.1, 0.15) is 18.4 Å². The third-order valence-electron chi connectivity index (χ3n) is 3.21. The monoisotopic (exact) mass is 353 g/mol. The molecule has 0 atom stereocenters. The largest absolute Gasteiger partial charge is 0.483 e. The maximum Gasteiger partial charge on any atom is 0.328 e. The smallest absolute Gasteiger partial charge is 0.328 e. The summed E-state index contributed by atoms with van der Waals surface area (Å²) in [7, 11) is 1.79. The Hall–Kier alpha value is -1.82. The fraction of sp³-hybridized carbons (Fsp3) is 0.333. The predicted molar refractivity (Wildman–Crippen MR) is 82.1 cm³/mol. The van der Waals surface area contributed by atoms with Crippen LogP contribution in [0.15, 0.2) is 28.7 Å². The van der Waals surface area contributed by atoms with Crippen molar-refractivity contribution in [2.75, 3.05) is 13.7 Å². The molecular formula is C15H16BrNO4. The molecule has 1 aromatic rings. The Balaban J connectivity index is 1.94. The summed E-state index contributed by atoms with van der Waals surface area (Å²) in [6.45, 7) is -0.00406. The number of carbonyl (C=O) groups is 2. The van der Waals surface area contributed by atoms with Gasteiger partial charge in [-0.05, 0) is 52.5 Å². The van der Waals surface area contributed by atoms with Crippen LogP contribution in [0, 0.1) is 0 Å². The lowest BCUT2D eigenvalue weighted by molar-refractivity contribution is -0.133. The second-order valence-electron chi connectivity index (χ2n) is 4.89. The van der Waals surface area contributed by atoms with Crippen LogP contribution in [0.3, 0.4) is 0 Å². The Morgan fingerprint density at radius 3 is 2.76 bits per heavy atom. The molecule has 0 unspecified atom stereocenters. The highest BCUT2D eigenvalue weighted by atomic mass is 79.9. The van der Waals surface area contributed by atoms with Gasteiger partial charge in [-0.2, -0.15) is 0 Å². The van der Waals surface area contributed by atoms with E-state index in [0.717, 1.165) is 24.5 Å². The number of hydrogen-bond acceptors (Lipinski definition) is 3. The van der Waals surface area contributed by atoms with E-state index in [4.69, 9.17) is 9.84 Å². The number of carboxylic acids is 1.